The molecule has 0 radical (unpaired) electrons. The standard InChI is InChI=1S/C29H29ClFN5O2/c1-36(2)14-4-7-28(37)34-24-12-13-26-25(16-24)29(33-19-32-26)35-27(21-8-10-22(30)11-9-21)18-38-17-20-5-3-6-23(31)15-20/h3-13,15-16,19,27H,14,17-18H2,1-2H3,(H,34,37)(H,32,33,35). The number of fused-ring (bicyclic) bond motifs is 1. The van der Waals surface area contributed by atoms with Crippen LogP contribution in [0.1, 0.15) is 17.2 Å². The number of anilines is 2. The molecule has 196 valence electrons. The van der Waals surface area contributed by atoms with Crippen molar-refractivity contribution in [1.82, 2.24) is 14.9 Å². The number of nitrogens with one attached hydrogen (secondary N) is 2. The molecule has 2 N–H and O–H groups in total. The van der Waals surface area contributed by atoms with Crippen molar-refractivity contribution in [3.63, 3.8) is 0 Å². The fourth-order valence-corrected chi connectivity index (χ4v) is 3.93. The maximum absolute atomic E-state index is 13.6. The van der Waals surface area contributed by atoms with Crippen LogP contribution >= 0.6 is 11.6 Å². The molecular weight excluding hydrogens is 505 g/mol. The molecule has 0 spiro atoms. The Morgan fingerprint density at radius 3 is 2.68 bits per heavy atom. The van der Waals surface area contributed by atoms with Crippen LogP contribution in [0, 0.1) is 5.82 Å². The first kappa shape index (κ1) is 27.2. The highest BCUT2D eigenvalue weighted by Gasteiger charge is 2.16. The van der Waals surface area contributed by atoms with Crippen LogP contribution in [-0.2, 0) is 16.1 Å². The van der Waals surface area contributed by atoms with Crippen LogP contribution in [0.2, 0.25) is 5.02 Å². The number of rotatable bonds is 11. The molecule has 1 amide bonds. The van der Waals surface area contributed by atoms with E-state index < -0.39 is 0 Å². The predicted octanol–water partition coefficient (Wildman–Crippen LogP) is 5.85. The van der Waals surface area contributed by atoms with Crippen LogP contribution in [0.4, 0.5) is 15.9 Å². The topological polar surface area (TPSA) is 79.4 Å². The van der Waals surface area contributed by atoms with Crippen molar-refractivity contribution in [1.29, 1.82) is 0 Å². The van der Waals surface area contributed by atoms with Crippen LogP contribution < -0.4 is 10.6 Å². The largest absolute Gasteiger partial charge is 0.374 e. The van der Waals surface area contributed by atoms with Gasteiger partial charge in [0.15, 0.2) is 0 Å². The summed E-state index contributed by atoms with van der Waals surface area (Å²) in [5, 5.41) is 7.71. The van der Waals surface area contributed by atoms with Gasteiger partial charge in [0, 0.05) is 28.7 Å². The average Bonchev–Trinajstić information content (AvgIpc) is 2.89. The number of halogens is 2. The maximum atomic E-state index is 13.6. The second-order valence-corrected chi connectivity index (χ2v) is 9.44. The smallest absolute Gasteiger partial charge is 0.248 e. The van der Waals surface area contributed by atoms with Gasteiger partial charge in [0.2, 0.25) is 5.91 Å². The van der Waals surface area contributed by atoms with Gasteiger partial charge < -0.3 is 20.3 Å². The zero-order valence-corrected chi connectivity index (χ0v) is 22.0. The number of likely N-dealkylation sites (N-methyl/N-ethyl adjacent to an activating group) is 1. The third-order valence-electron chi connectivity index (χ3n) is 5.67. The minimum absolute atomic E-state index is 0.220. The van der Waals surface area contributed by atoms with E-state index in [4.69, 9.17) is 16.3 Å². The van der Waals surface area contributed by atoms with Gasteiger partial charge in [0.05, 0.1) is 24.8 Å². The van der Waals surface area contributed by atoms with Crippen LogP contribution in [0.3, 0.4) is 0 Å². The molecule has 1 heterocycles. The molecule has 4 rings (SSSR count). The van der Waals surface area contributed by atoms with Crippen LogP contribution in [0.5, 0.6) is 0 Å². The lowest BCUT2D eigenvalue weighted by Gasteiger charge is -2.21. The fraction of sp³-hybridized carbons (Fsp3) is 0.207. The second kappa shape index (κ2) is 13.1. The molecule has 0 aliphatic carbocycles. The lowest BCUT2D eigenvalue weighted by molar-refractivity contribution is -0.111. The number of aromatic nitrogens is 2. The zero-order chi connectivity index (χ0) is 26.9. The molecule has 0 fully saturated rings. The van der Waals surface area contributed by atoms with E-state index >= 15 is 0 Å². The van der Waals surface area contributed by atoms with Crippen LogP contribution in [0.15, 0.2) is 85.2 Å². The van der Waals surface area contributed by atoms with E-state index in [-0.39, 0.29) is 31.0 Å². The Balaban J connectivity index is 1.54. The Morgan fingerprint density at radius 2 is 1.92 bits per heavy atom. The summed E-state index contributed by atoms with van der Waals surface area (Å²) in [5.41, 5.74) is 3.03. The Labute approximate surface area is 226 Å². The first-order valence-corrected chi connectivity index (χ1v) is 12.5. The lowest BCUT2D eigenvalue weighted by Crippen LogP contribution is -2.18. The molecule has 0 saturated carbocycles. The highest BCUT2D eigenvalue weighted by Crippen LogP contribution is 2.28. The van der Waals surface area contributed by atoms with Crippen molar-refractivity contribution < 1.29 is 13.9 Å². The normalized spacial score (nSPS) is 12.2. The van der Waals surface area contributed by atoms with E-state index in [0.717, 1.165) is 22.0 Å². The van der Waals surface area contributed by atoms with Gasteiger partial charge in [-0.05, 0) is 67.7 Å². The summed E-state index contributed by atoms with van der Waals surface area (Å²) in [5.74, 6) is 0.0629. The van der Waals surface area contributed by atoms with Crippen LogP contribution in [-0.4, -0.2) is 48.0 Å². The van der Waals surface area contributed by atoms with Gasteiger partial charge in [-0.1, -0.05) is 41.9 Å². The molecule has 0 saturated heterocycles. The molecule has 4 aromatic rings. The lowest BCUT2D eigenvalue weighted by atomic mass is 10.1. The minimum atomic E-state index is -0.304. The molecule has 1 atom stereocenters. The second-order valence-electron chi connectivity index (χ2n) is 9.00. The van der Waals surface area contributed by atoms with Gasteiger partial charge in [-0.2, -0.15) is 0 Å². The number of hydrogen-bond acceptors (Lipinski definition) is 6. The van der Waals surface area contributed by atoms with E-state index in [1.54, 1.807) is 18.2 Å². The predicted molar refractivity (Wildman–Crippen MR) is 150 cm³/mol. The molecule has 9 heteroatoms. The molecule has 1 unspecified atom stereocenters. The van der Waals surface area contributed by atoms with Gasteiger partial charge in [0.25, 0.3) is 0 Å². The summed E-state index contributed by atoms with van der Waals surface area (Å²) in [6.45, 7) is 1.21. The average molecular weight is 534 g/mol. The SMILES string of the molecule is CN(C)CC=CC(=O)Nc1ccc2ncnc(NC(COCc3cccc(F)c3)c3ccc(Cl)cc3)c2c1. The van der Waals surface area contributed by atoms with E-state index in [1.165, 1.54) is 24.5 Å². The molecular formula is C29H29ClFN5O2. The first-order chi connectivity index (χ1) is 18.4. The molecule has 3 aromatic carbocycles. The Bertz CT molecular complexity index is 1410. The third-order valence-corrected chi connectivity index (χ3v) is 5.92. The van der Waals surface area contributed by atoms with Gasteiger partial charge in [-0.3, -0.25) is 4.79 Å². The maximum Gasteiger partial charge on any atom is 0.248 e. The summed E-state index contributed by atoms with van der Waals surface area (Å²) >= 11 is 6.11. The highest BCUT2D eigenvalue weighted by molar-refractivity contribution is 6.30. The summed E-state index contributed by atoms with van der Waals surface area (Å²) in [7, 11) is 3.87. The number of amides is 1. The molecule has 1 aromatic heterocycles. The number of carbonyl (C=O) groups is 1. The molecule has 0 aliphatic rings. The number of ether oxygens (including phenoxy) is 1. The van der Waals surface area contributed by atoms with Crippen molar-refractivity contribution in [2.75, 3.05) is 37.9 Å². The molecule has 0 bridgehead atoms. The summed E-state index contributed by atoms with van der Waals surface area (Å²) in [4.78, 5) is 23.2. The van der Waals surface area contributed by atoms with Crippen molar-refractivity contribution in [2.45, 2.75) is 12.6 Å². The number of carbonyl (C=O) groups excluding carboxylic acids is 1. The van der Waals surface area contributed by atoms with Gasteiger partial charge in [-0.15, -0.1) is 0 Å². The summed E-state index contributed by atoms with van der Waals surface area (Å²) < 4.78 is 19.5. The molecule has 38 heavy (non-hydrogen) atoms. The monoisotopic (exact) mass is 533 g/mol. The fourth-order valence-electron chi connectivity index (χ4n) is 3.81. The summed E-state index contributed by atoms with van der Waals surface area (Å²) in [6, 6.07) is 19.0. The Hall–Kier alpha value is -3.85. The first-order valence-electron chi connectivity index (χ1n) is 12.1. The van der Waals surface area contributed by atoms with Crippen LogP contribution in [0.25, 0.3) is 10.9 Å². The number of nitrogens with zero attached hydrogens (tertiary/aromatic N) is 3. The summed E-state index contributed by atoms with van der Waals surface area (Å²) in [6.07, 6.45) is 4.80. The number of hydrogen-bond donors (Lipinski definition) is 2. The highest BCUT2D eigenvalue weighted by atomic mass is 35.5. The molecule has 7 nitrogen and oxygen atoms in total. The number of benzene rings is 3. The van der Waals surface area contributed by atoms with Gasteiger partial charge in [-0.25, -0.2) is 14.4 Å². The molecule has 0 aliphatic heterocycles. The zero-order valence-electron chi connectivity index (χ0n) is 21.2. The van der Waals surface area contributed by atoms with E-state index in [9.17, 15) is 9.18 Å². The van der Waals surface area contributed by atoms with Crippen molar-refractivity contribution in [2.24, 2.45) is 0 Å². The minimum Gasteiger partial charge on any atom is -0.374 e. The van der Waals surface area contributed by atoms with Crippen molar-refractivity contribution in [3.05, 3.63) is 107 Å². The van der Waals surface area contributed by atoms with Gasteiger partial charge >= 0.3 is 0 Å². The van der Waals surface area contributed by atoms with E-state index in [2.05, 4.69) is 20.6 Å². The van der Waals surface area contributed by atoms with Gasteiger partial charge in [0.1, 0.15) is 18.0 Å². The Morgan fingerprint density at radius 1 is 1.11 bits per heavy atom. The van der Waals surface area contributed by atoms with E-state index in [1.807, 2.05) is 61.5 Å². The Kier molecular flexibility index (Phi) is 9.37. The van der Waals surface area contributed by atoms with Crippen molar-refractivity contribution >= 4 is 39.9 Å². The quantitative estimate of drug-likeness (QED) is 0.235. The third kappa shape index (κ3) is 7.82. The van der Waals surface area contributed by atoms with Crippen molar-refractivity contribution in [3.8, 4) is 0 Å². The van der Waals surface area contributed by atoms with E-state index in [0.29, 0.717) is 23.1 Å².